The molecule has 0 radical (unpaired) electrons. The van der Waals surface area contributed by atoms with Crippen LogP contribution in [0.25, 0.3) is 10.2 Å². The van der Waals surface area contributed by atoms with Crippen molar-refractivity contribution in [2.75, 3.05) is 6.54 Å². The summed E-state index contributed by atoms with van der Waals surface area (Å²) >= 11 is 1.61. The first kappa shape index (κ1) is 11.1. The highest BCUT2D eigenvalue weighted by Gasteiger charge is 2.25. The lowest BCUT2D eigenvalue weighted by Gasteiger charge is -2.28. The normalized spacial score (nSPS) is 25.3. The Morgan fingerprint density at radius 2 is 2.35 bits per heavy atom. The van der Waals surface area contributed by atoms with Crippen molar-refractivity contribution in [1.29, 1.82) is 0 Å². The van der Waals surface area contributed by atoms with E-state index in [0.29, 0.717) is 12.0 Å². The summed E-state index contributed by atoms with van der Waals surface area (Å²) in [5.41, 5.74) is 0.908. The first-order chi connectivity index (χ1) is 8.24. The van der Waals surface area contributed by atoms with Crippen molar-refractivity contribution >= 4 is 21.6 Å². The summed E-state index contributed by atoms with van der Waals surface area (Å²) in [7, 11) is 0. The van der Waals surface area contributed by atoms with Gasteiger partial charge in [0.25, 0.3) is 0 Å². The van der Waals surface area contributed by atoms with Crippen LogP contribution in [0.4, 0.5) is 4.39 Å². The van der Waals surface area contributed by atoms with Crippen molar-refractivity contribution in [2.24, 2.45) is 5.92 Å². The zero-order valence-corrected chi connectivity index (χ0v) is 10.6. The van der Waals surface area contributed by atoms with Gasteiger partial charge in [-0.2, -0.15) is 0 Å². The molecule has 0 aliphatic carbocycles. The molecule has 2 aromatic rings. The molecule has 1 aromatic heterocycles. The minimum absolute atomic E-state index is 0.183. The summed E-state index contributed by atoms with van der Waals surface area (Å²) in [6.45, 7) is 3.31. The summed E-state index contributed by atoms with van der Waals surface area (Å²) in [4.78, 5) is 4.62. The molecule has 2 nitrogen and oxygen atoms in total. The molecule has 4 heteroatoms. The monoisotopic (exact) mass is 250 g/mol. The maximum absolute atomic E-state index is 13.1. The molecule has 1 aromatic carbocycles. The molecule has 17 heavy (non-hydrogen) atoms. The number of hydrogen-bond donors (Lipinski definition) is 1. The molecule has 2 heterocycles. The van der Waals surface area contributed by atoms with E-state index in [-0.39, 0.29) is 5.82 Å². The van der Waals surface area contributed by atoms with Gasteiger partial charge in [0.2, 0.25) is 0 Å². The molecule has 0 bridgehead atoms. The van der Waals surface area contributed by atoms with Crippen LogP contribution >= 0.6 is 11.3 Å². The Morgan fingerprint density at radius 3 is 3.18 bits per heavy atom. The van der Waals surface area contributed by atoms with Gasteiger partial charge in [0, 0.05) is 0 Å². The van der Waals surface area contributed by atoms with Crippen molar-refractivity contribution < 1.29 is 4.39 Å². The van der Waals surface area contributed by atoms with Crippen LogP contribution in [0.1, 0.15) is 30.8 Å². The molecule has 1 N–H and O–H groups in total. The molecule has 2 atom stereocenters. The lowest BCUT2D eigenvalue weighted by Crippen LogP contribution is -2.32. The fourth-order valence-electron chi connectivity index (χ4n) is 2.43. The Labute approximate surface area is 104 Å². The van der Waals surface area contributed by atoms with Gasteiger partial charge in [0.15, 0.2) is 0 Å². The molecule has 1 saturated heterocycles. The van der Waals surface area contributed by atoms with E-state index in [0.717, 1.165) is 21.8 Å². The first-order valence-electron chi connectivity index (χ1n) is 6.03. The van der Waals surface area contributed by atoms with Gasteiger partial charge < -0.3 is 5.32 Å². The Kier molecular flexibility index (Phi) is 2.84. The Morgan fingerprint density at radius 1 is 1.47 bits per heavy atom. The van der Waals surface area contributed by atoms with Crippen molar-refractivity contribution in [1.82, 2.24) is 10.3 Å². The van der Waals surface area contributed by atoms with Crippen molar-refractivity contribution in [3.05, 3.63) is 29.0 Å². The summed E-state index contributed by atoms with van der Waals surface area (Å²) in [6.07, 6.45) is 2.47. The number of benzene rings is 1. The first-order valence-corrected chi connectivity index (χ1v) is 6.85. The third kappa shape index (κ3) is 2.07. The maximum Gasteiger partial charge on any atom is 0.124 e. The van der Waals surface area contributed by atoms with Gasteiger partial charge in [-0.3, -0.25) is 0 Å². The van der Waals surface area contributed by atoms with Crippen molar-refractivity contribution in [2.45, 2.75) is 25.8 Å². The van der Waals surface area contributed by atoms with Crippen LogP contribution in [-0.2, 0) is 0 Å². The number of piperidine rings is 1. The van der Waals surface area contributed by atoms with Gasteiger partial charge in [0.05, 0.1) is 16.3 Å². The lowest BCUT2D eigenvalue weighted by atomic mass is 9.93. The molecule has 2 unspecified atom stereocenters. The maximum atomic E-state index is 13.1. The number of aromatic nitrogens is 1. The second-order valence-corrected chi connectivity index (χ2v) is 5.78. The number of fused-ring (bicyclic) bond motifs is 1. The Hall–Kier alpha value is -1.000. The average Bonchev–Trinajstić information content (AvgIpc) is 2.72. The molecular formula is C13H15FN2S. The summed E-state index contributed by atoms with van der Waals surface area (Å²) < 4.78 is 14.1. The van der Waals surface area contributed by atoms with E-state index >= 15 is 0 Å². The Bertz CT molecular complexity index is 537. The molecule has 0 saturated carbocycles. The Balaban J connectivity index is 1.99. The van der Waals surface area contributed by atoms with E-state index in [4.69, 9.17) is 0 Å². The fraction of sp³-hybridized carbons (Fsp3) is 0.462. The van der Waals surface area contributed by atoms with Gasteiger partial charge in [-0.05, 0) is 43.5 Å². The van der Waals surface area contributed by atoms with Crippen LogP contribution in [-0.4, -0.2) is 11.5 Å². The van der Waals surface area contributed by atoms with E-state index in [1.165, 1.54) is 18.9 Å². The number of thiazole rings is 1. The highest BCUT2D eigenvalue weighted by Crippen LogP contribution is 2.34. The molecule has 1 aliphatic rings. The largest absolute Gasteiger partial charge is 0.308 e. The predicted molar refractivity (Wildman–Crippen MR) is 68.7 cm³/mol. The number of rotatable bonds is 1. The summed E-state index contributed by atoms with van der Waals surface area (Å²) in [5.74, 6) is 0.423. The van der Waals surface area contributed by atoms with Crippen LogP contribution in [0, 0.1) is 11.7 Å². The molecule has 90 valence electrons. The smallest absolute Gasteiger partial charge is 0.124 e. The quantitative estimate of drug-likeness (QED) is 0.838. The van der Waals surface area contributed by atoms with Crippen molar-refractivity contribution in [3.63, 3.8) is 0 Å². The predicted octanol–water partition coefficient (Wildman–Crippen LogP) is 3.50. The number of nitrogens with zero attached hydrogens (tertiary/aromatic N) is 1. The van der Waals surface area contributed by atoms with Crippen LogP contribution in [0.5, 0.6) is 0 Å². The van der Waals surface area contributed by atoms with Crippen LogP contribution in [0.15, 0.2) is 18.2 Å². The second-order valence-electron chi connectivity index (χ2n) is 4.72. The molecular weight excluding hydrogens is 235 g/mol. The van der Waals surface area contributed by atoms with Crippen LogP contribution < -0.4 is 5.32 Å². The average molecular weight is 250 g/mol. The standard InChI is InChI=1S/C13H15FN2S/c1-8-3-2-6-15-12(8)13-16-10-5-4-9(14)7-11(10)17-13/h4-5,7-8,12,15H,2-3,6H2,1H3. The summed E-state index contributed by atoms with van der Waals surface area (Å²) in [6, 6.07) is 5.15. The topological polar surface area (TPSA) is 24.9 Å². The minimum atomic E-state index is -0.183. The van der Waals surface area contributed by atoms with Crippen LogP contribution in [0.3, 0.4) is 0 Å². The fourth-order valence-corrected chi connectivity index (χ4v) is 3.63. The van der Waals surface area contributed by atoms with Gasteiger partial charge >= 0.3 is 0 Å². The number of nitrogens with one attached hydrogen (secondary N) is 1. The van der Waals surface area contributed by atoms with Gasteiger partial charge in [-0.1, -0.05) is 6.92 Å². The van der Waals surface area contributed by atoms with Crippen molar-refractivity contribution in [3.8, 4) is 0 Å². The SMILES string of the molecule is CC1CCCNC1c1nc2ccc(F)cc2s1. The summed E-state index contributed by atoms with van der Waals surface area (Å²) in [5, 5.41) is 4.61. The van der Waals surface area contributed by atoms with E-state index in [1.54, 1.807) is 23.5 Å². The van der Waals surface area contributed by atoms with Crippen LogP contribution in [0.2, 0.25) is 0 Å². The van der Waals surface area contributed by atoms with Gasteiger partial charge in [-0.15, -0.1) is 11.3 Å². The minimum Gasteiger partial charge on any atom is -0.308 e. The van der Waals surface area contributed by atoms with E-state index < -0.39 is 0 Å². The zero-order chi connectivity index (χ0) is 11.8. The second kappa shape index (κ2) is 4.35. The molecule has 0 amide bonds. The van der Waals surface area contributed by atoms with Gasteiger partial charge in [0.1, 0.15) is 10.8 Å². The number of halogens is 1. The highest BCUT2D eigenvalue weighted by atomic mass is 32.1. The molecule has 0 spiro atoms. The number of hydrogen-bond acceptors (Lipinski definition) is 3. The highest BCUT2D eigenvalue weighted by molar-refractivity contribution is 7.18. The van der Waals surface area contributed by atoms with E-state index in [2.05, 4.69) is 17.2 Å². The third-order valence-corrected chi connectivity index (χ3v) is 4.50. The van der Waals surface area contributed by atoms with E-state index in [9.17, 15) is 4.39 Å². The molecule has 1 fully saturated rings. The molecule has 3 rings (SSSR count). The van der Waals surface area contributed by atoms with Gasteiger partial charge in [-0.25, -0.2) is 9.37 Å². The molecule has 1 aliphatic heterocycles. The van der Waals surface area contributed by atoms with E-state index in [1.807, 2.05) is 0 Å². The zero-order valence-electron chi connectivity index (χ0n) is 9.74. The third-order valence-electron chi connectivity index (χ3n) is 3.40. The lowest BCUT2D eigenvalue weighted by molar-refractivity contribution is 0.305.